The Morgan fingerprint density at radius 1 is 1.15 bits per heavy atom. The van der Waals surface area contributed by atoms with Crippen LogP contribution < -0.4 is 15.4 Å². The minimum Gasteiger partial charge on any atom is -0.496 e. The van der Waals surface area contributed by atoms with Crippen LogP contribution in [0.3, 0.4) is 0 Å². The zero-order chi connectivity index (χ0) is 19.1. The van der Waals surface area contributed by atoms with Crippen LogP contribution in [0, 0.1) is 5.82 Å². The lowest BCUT2D eigenvalue weighted by Crippen LogP contribution is -2.38. The second-order valence-corrected chi connectivity index (χ2v) is 6.19. The van der Waals surface area contributed by atoms with Crippen molar-refractivity contribution in [3.05, 3.63) is 65.6 Å². The highest BCUT2D eigenvalue weighted by Crippen LogP contribution is 2.20. The lowest BCUT2D eigenvalue weighted by atomic mass is 10.1. The smallest absolute Gasteiger partial charge is 0.191 e. The topological polar surface area (TPSA) is 61.4 Å². The van der Waals surface area contributed by atoms with Crippen molar-refractivity contribution in [1.29, 1.82) is 0 Å². The number of methoxy groups -OCH3 is 1. The highest BCUT2D eigenvalue weighted by atomic mass is 19.1. The summed E-state index contributed by atoms with van der Waals surface area (Å²) in [6.45, 7) is 4.08. The third kappa shape index (κ3) is 4.78. The Labute approximate surface area is 158 Å². The van der Waals surface area contributed by atoms with E-state index in [9.17, 15) is 4.39 Å². The predicted octanol–water partition coefficient (Wildman–Crippen LogP) is 3.61. The number of benzene rings is 2. The van der Waals surface area contributed by atoms with Gasteiger partial charge in [0.1, 0.15) is 11.6 Å². The Morgan fingerprint density at radius 3 is 2.81 bits per heavy atom. The fourth-order valence-electron chi connectivity index (χ4n) is 3.02. The Morgan fingerprint density at radius 2 is 2.00 bits per heavy atom. The first-order valence-corrected chi connectivity index (χ1v) is 9.11. The fraction of sp³-hybridized carbons (Fsp3) is 0.286. The van der Waals surface area contributed by atoms with E-state index in [-0.39, 0.29) is 5.82 Å². The number of aromatic amines is 1. The van der Waals surface area contributed by atoms with Crippen LogP contribution >= 0.6 is 0 Å². The molecule has 27 heavy (non-hydrogen) atoms. The maximum absolute atomic E-state index is 13.3. The molecule has 0 radical (unpaired) electrons. The summed E-state index contributed by atoms with van der Waals surface area (Å²) in [5, 5.41) is 7.66. The monoisotopic (exact) mass is 368 g/mol. The molecule has 0 unspecified atom stereocenters. The Kier molecular flexibility index (Phi) is 6.30. The normalized spacial score (nSPS) is 11.6. The first-order chi connectivity index (χ1) is 13.2. The average Bonchev–Trinajstić information content (AvgIpc) is 3.08. The average molecular weight is 368 g/mol. The van der Waals surface area contributed by atoms with Gasteiger partial charge in [0.05, 0.1) is 13.7 Å². The van der Waals surface area contributed by atoms with Crippen LogP contribution in [0.25, 0.3) is 10.9 Å². The van der Waals surface area contributed by atoms with Gasteiger partial charge in [-0.2, -0.15) is 0 Å². The van der Waals surface area contributed by atoms with E-state index in [0.717, 1.165) is 53.2 Å². The highest BCUT2D eigenvalue weighted by molar-refractivity contribution is 5.83. The molecule has 1 heterocycles. The molecule has 0 aliphatic rings. The van der Waals surface area contributed by atoms with Gasteiger partial charge in [0, 0.05) is 35.8 Å². The van der Waals surface area contributed by atoms with Crippen molar-refractivity contribution in [2.45, 2.75) is 19.9 Å². The van der Waals surface area contributed by atoms with Crippen molar-refractivity contribution in [3.8, 4) is 5.75 Å². The lowest BCUT2D eigenvalue weighted by Gasteiger charge is -2.12. The fourth-order valence-corrected chi connectivity index (χ4v) is 3.02. The van der Waals surface area contributed by atoms with E-state index in [0.29, 0.717) is 6.54 Å². The van der Waals surface area contributed by atoms with Crippen LogP contribution in [-0.2, 0) is 13.0 Å². The van der Waals surface area contributed by atoms with Crippen LogP contribution in [0.1, 0.15) is 18.1 Å². The molecule has 1 aromatic heterocycles. The summed E-state index contributed by atoms with van der Waals surface area (Å²) in [5.74, 6) is 1.37. The van der Waals surface area contributed by atoms with E-state index < -0.39 is 0 Å². The molecule has 6 heteroatoms. The molecule has 3 rings (SSSR count). The molecule has 3 N–H and O–H groups in total. The van der Waals surface area contributed by atoms with Crippen LogP contribution in [0.4, 0.5) is 4.39 Å². The highest BCUT2D eigenvalue weighted by Gasteiger charge is 2.06. The van der Waals surface area contributed by atoms with Gasteiger partial charge in [-0.25, -0.2) is 9.38 Å². The SMILES string of the molecule is CCNC(=NCc1ccccc1OC)NCCc1c[nH]c2cc(F)ccc12. The zero-order valence-electron chi connectivity index (χ0n) is 15.7. The third-order valence-corrected chi connectivity index (χ3v) is 4.36. The van der Waals surface area contributed by atoms with Crippen LogP contribution in [0.2, 0.25) is 0 Å². The minimum absolute atomic E-state index is 0.230. The van der Waals surface area contributed by atoms with E-state index in [1.807, 2.05) is 43.5 Å². The number of rotatable bonds is 7. The predicted molar refractivity (Wildman–Crippen MR) is 108 cm³/mol. The quantitative estimate of drug-likeness (QED) is 0.441. The number of para-hydroxylation sites is 1. The first-order valence-electron chi connectivity index (χ1n) is 9.11. The number of guanidine groups is 1. The number of hydrogen-bond donors (Lipinski definition) is 3. The van der Waals surface area contributed by atoms with Gasteiger partial charge in [-0.3, -0.25) is 0 Å². The number of hydrogen-bond acceptors (Lipinski definition) is 2. The second-order valence-electron chi connectivity index (χ2n) is 6.19. The van der Waals surface area contributed by atoms with E-state index in [1.54, 1.807) is 7.11 Å². The molecule has 142 valence electrons. The van der Waals surface area contributed by atoms with E-state index in [1.165, 1.54) is 12.1 Å². The summed E-state index contributed by atoms with van der Waals surface area (Å²) in [7, 11) is 1.67. The molecule has 0 aliphatic carbocycles. The summed E-state index contributed by atoms with van der Waals surface area (Å²) < 4.78 is 18.7. The van der Waals surface area contributed by atoms with E-state index in [4.69, 9.17) is 4.74 Å². The molecule has 0 spiro atoms. The van der Waals surface area contributed by atoms with Gasteiger partial charge in [-0.1, -0.05) is 18.2 Å². The number of aromatic nitrogens is 1. The van der Waals surface area contributed by atoms with E-state index >= 15 is 0 Å². The summed E-state index contributed by atoms with van der Waals surface area (Å²) >= 11 is 0. The zero-order valence-corrected chi connectivity index (χ0v) is 15.7. The standard InChI is InChI=1S/C21H25FN4O/c1-3-23-21(26-14-16-6-4-5-7-20(16)27-2)24-11-10-15-13-25-19-12-17(22)8-9-18(15)19/h4-9,12-13,25H,3,10-11,14H2,1-2H3,(H2,23,24,26). The number of ether oxygens (including phenoxy) is 1. The van der Waals surface area contributed by atoms with Crippen LogP contribution in [-0.4, -0.2) is 31.1 Å². The lowest BCUT2D eigenvalue weighted by molar-refractivity contribution is 0.410. The molecule has 3 aromatic rings. The van der Waals surface area contributed by atoms with E-state index in [2.05, 4.69) is 20.6 Å². The maximum atomic E-state index is 13.3. The Hall–Kier alpha value is -3.02. The number of fused-ring (bicyclic) bond motifs is 1. The summed E-state index contributed by atoms with van der Waals surface area (Å²) in [6, 6.07) is 12.7. The number of H-pyrrole nitrogens is 1. The van der Waals surface area contributed by atoms with Crippen molar-refractivity contribution in [2.75, 3.05) is 20.2 Å². The maximum Gasteiger partial charge on any atom is 0.191 e. The van der Waals surface area contributed by atoms with Gasteiger partial charge in [-0.15, -0.1) is 0 Å². The summed E-state index contributed by atoms with van der Waals surface area (Å²) in [6.07, 6.45) is 2.75. The molecular weight excluding hydrogens is 343 g/mol. The van der Waals surface area contributed by atoms with Crippen molar-refractivity contribution >= 4 is 16.9 Å². The van der Waals surface area contributed by atoms with Gasteiger partial charge < -0.3 is 20.4 Å². The Bertz CT molecular complexity index is 919. The van der Waals surface area contributed by atoms with Crippen molar-refractivity contribution in [3.63, 3.8) is 0 Å². The Balaban J connectivity index is 1.62. The number of halogens is 1. The molecule has 0 amide bonds. The summed E-state index contributed by atoms with van der Waals surface area (Å²) in [4.78, 5) is 7.77. The molecule has 0 fully saturated rings. The van der Waals surface area contributed by atoms with Gasteiger partial charge in [0.15, 0.2) is 5.96 Å². The third-order valence-electron chi connectivity index (χ3n) is 4.36. The number of aliphatic imine (C=N–C) groups is 1. The van der Waals surface area contributed by atoms with Gasteiger partial charge in [-0.05, 0) is 43.2 Å². The molecular formula is C21H25FN4O. The van der Waals surface area contributed by atoms with Crippen molar-refractivity contribution in [2.24, 2.45) is 4.99 Å². The molecule has 5 nitrogen and oxygen atoms in total. The molecule has 0 saturated carbocycles. The van der Waals surface area contributed by atoms with Crippen molar-refractivity contribution < 1.29 is 9.13 Å². The van der Waals surface area contributed by atoms with Crippen LogP contribution in [0.5, 0.6) is 5.75 Å². The molecule has 2 aromatic carbocycles. The molecule has 0 aliphatic heterocycles. The minimum atomic E-state index is -0.230. The van der Waals surface area contributed by atoms with Crippen molar-refractivity contribution in [1.82, 2.24) is 15.6 Å². The first kappa shape index (κ1) is 18.8. The number of nitrogens with one attached hydrogen (secondary N) is 3. The molecule has 0 atom stereocenters. The molecule has 0 saturated heterocycles. The molecule has 0 bridgehead atoms. The van der Waals surface area contributed by atoms with Gasteiger partial charge in [0.25, 0.3) is 0 Å². The number of nitrogens with zero attached hydrogens (tertiary/aromatic N) is 1. The largest absolute Gasteiger partial charge is 0.496 e. The van der Waals surface area contributed by atoms with Gasteiger partial charge in [0.2, 0.25) is 0 Å². The second kappa shape index (κ2) is 9.07. The van der Waals surface area contributed by atoms with Gasteiger partial charge >= 0.3 is 0 Å². The van der Waals surface area contributed by atoms with Crippen LogP contribution in [0.15, 0.2) is 53.7 Å². The summed E-state index contributed by atoms with van der Waals surface area (Å²) in [5.41, 5.74) is 3.01.